The number of methoxy groups -OCH3 is 1. The van der Waals surface area contributed by atoms with Crippen LogP contribution in [-0.2, 0) is 16.6 Å². The largest absolute Gasteiger partial charge is 0.494 e. The minimum atomic E-state index is -3.79. The molecular weight excluding hydrogens is 428 g/mol. The second-order valence-electron chi connectivity index (χ2n) is 6.94. The lowest BCUT2D eigenvalue weighted by Crippen LogP contribution is -2.18. The molecule has 0 radical (unpaired) electrons. The predicted octanol–water partition coefficient (Wildman–Crippen LogP) is 4.29. The SMILES string of the molecule is CCOc1ccc(S(=O)(=O)N/N=C/c2ccc(OC)c(OCc3ccc(C)cc3)c2)cc1. The third-order valence-electron chi connectivity index (χ3n) is 4.53. The highest BCUT2D eigenvalue weighted by atomic mass is 32.2. The van der Waals surface area contributed by atoms with Crippen molar-refractivity contribution in [2.45, 2.75) is 25.3 Å². The molecule has 0 heterocycles. The van der Waals surface area contributed by atoms with Crippen molar-refractivity contribution < 1.29 is 22.6 Å². The van der Waals surface area contributed by atoms with Crippen LogP contribution in [0.15, 0.2) is 76.7 Å². The molecule has 0 amide bonds. The van der Waals surface area contributed by atoms with Gasteiger partial charge in [0.05, 0.1) is 24.8 Å². The second kappa shape index (κ2) is 10.7. The van der Waals surface area contributed by atoms with Crippen molar-refractivity contribution >= 4 is 16.2 Å². The van der Waals surface area contributed by atoms with Crippen LogP contribution in [-0.4, -0.2) is 28.3 Å². The van der Waals surface area contributed by atoms with E-state index in [9.17, 15) is 8.42 Å². The predicted molar refractivity (Wildman–Crippen MR) is 124 cm³/mol. The molecule has 168 valence electrons. The van der Waals surface area contributed by atoms with Gasteiger partial charge in [-0.1, -0.05) is 29.8 Å². The molecule has 0 fully saturated rings. The van der Waals surface area contributed by atoms with Gasteiger partial charge in [0, 0.05) is 0 Å². The summed E-state index contributed by atoms with van der Waals surface area (Å²) in [6.07, 6.45) is 1.41. The zero-order valence-corrected chi connectivity index (χ0v) is 19.1. The van der Waals surface area contributed by atoms with Crippen LogP contribution >= 0.6 is 0 Å². The highest BCUT2D eigenvalue weighted by Crippen LogP contribution is 2.28. The van der Waals surface area contributed by atoms with Crippen LogP contribution in [0.2, 0.25) is 0 Å². The maximum atomic E-state index is 12.4. The van der Waals surface area contributed by atoms with Gasteiger partial charge in [0.1, 0.15) is 12.4 Å². The number of nitrogens with zero attached hydrogens (tertiary/aromatic N) is 1. The lowest BCUT2D eigenvalue weighted by atomic mass is 10.1. The average molecular weight is 455 g/mol. The number of ether oxygens (including phenoxy) is 3. The molecule has 3 aromatic carbocycles. The molecular formula is C24H26N2O5S. The summed E-state index contributed by atoms with van der Waals surface area (Å²) in [5.74, 6) is 1.71. The first kappa shape index (κ1) is 23.1. The van der Waals surface area contributed by atoms with E-state index in [0.29, 0.717) is 36.0 Å². The monoisotopic (exact) mass is 454 g/mol. The molecule has 32 heavy (non-hydrogen) atoms. The number of hydrogen-bond acceptors (Lipinski definition) is 6. The lowest BCUT2D eigenvalue weighted by molar-refractivity contribution is 0.284. The fourth-order valence-corrected chi connectivity index (χ4v) is 3.63. The van der Waals surface area contributed by atoms with Gasteiger partial charge in [-0.25, -0.2) is 4.83 Å². The van der Waals surface area contributed by atoms with Crippen LogP contribution in [0.3, 0.4) is 0 Å². The first-order valence-electron chi connectivity index (χ1n) is 10.1. The van der Waals surface area contributed by atoms with Crippen LogP contribution in [0.25, 0.3) is 0 Å². The summed E-state index contributed by atoms with van der Waals surface area (Å²) in [7, 11) is -2.23. The molecule has 3 aromatic rings. The van der Waals surface area contributed by atoms with Crippen LogP contribution in [0.1, 0.15) is 23.6 Å². The van der Waals surface area contributed by atoms with Gasteiger partial charge in [-0.2, -0.15) is 13.5 Å². The van der Waals surface area contributed by atoms with E-state index in [1.165, 1.54) is 23.9 Å². The van der Waals surface area contributed by atoms with Crippen molar-refractivity contribution in [3.05, 3.63) is 83.4 Å². The normalized spacial score (nSPS) is 11.3. The van der Waals surface area contributed by atoms with E-state index in [0.717, 1.165) is 5.56 Å². The van der Waals surface area contributed by atoms with Gasteiger partial charge < -0.3 is 14.2 Å². The Labute approximate surface area is 188 Å². The number of benzene rings is 3. The molecule has 7 nitrogen and oxygen atoms in total. The van der Waals surface area contributed by atoms with Crippen molar-refractivity contribution in [1.82, 2.24) is 4.83 Å². The van der Waals surface area contributed by atoms with E-state index in [1.54, 1.807) is 37.4 Å². The van der Waals surface area contributed by atoms with Crippen LogP contribution in [0.4, 0.5) is 0 Å². The topological polar surface area (TPSA) is 86.2 Å². The third kappa shape index (κ3) is 6.24. The van der Waals surface area contributed by atoms with E-state index in [1.807, 2.05) is 38.1 Å². The molecule has 0 bridgehead atoms. The van der Waals surface area contributed by atoms with Crippen molar-refractivity contribution in [1.29, 1.82) is 0 Å². The minimum absolute atomic E-state index is 0.0926. The van der Waals surface area contributed by atoms with Crippen molar-refractivity contribution in [2.24, 2.45) is 5.10 Å². The molecule has 3 rings (SSSR count). The second-order valence-corrected chi connectivity index (χ2v) is 8.60. The van der Waals surface area contributed by atoms with E-state index < -0.39 is 10.0 Å². The van der Waals surface area contributed by atoms with Crippen LogP contribution in [0, 0.1) is 6.92 Å². The smallest absolute Gasteiger partial charge is 0.276 e. The average Bonchev–Trinajstić information content (AvgIpc) is 2.79. The number of rotatable bonds is 10. The first-order valence-corrected chi connectivity index (χ1v) is 11.5. The molecule has 1 N–H and O–H groups in total. The quantitative estimate of drug-likeness (QED) is 0.365. The molecule has 0 aliphatic carbocycles. The van der Waals surface area contributed by atoms with Crippen LogP contribution < -0.4 is 19.0 Å². The van der Waals surface area contributed by atoms with Crippen molar-refractivity contribution in [2.75, 3.05) is 13.7 Å². The molecule has 0 saturated carbocycles. The summed E-state index contributed by atoms with van der Waals surface area (Å²) in [4.78, 5) is 2.31. The van der Waals surface area contributed by atoms with E-state index in [-0.39, 0.29) is 4.90 Å². The summed E-state index contributed by atoms with van der Waals surface area (Å²) >= 11 is 0. The van der Waals surface area contributed by atoms with Crippen molar-refractivity contribution in [3.8, 4) is 17.2 Å². The number of nitrogens with one attached hydrogen (secondary N) is 1. The van der Waals surface area contributed by atoms with Gasteiger partial charge in [0.15, 0.2) is 11.5 Å². The van der Waals surface area contributed by atoms with Gasteiger partial charge in [0.2, 0.25) is 0 Å². The van der Waals surface area contributed by atoms with E-state index in [2.05, 4.69) is 9.93 Å². The maximum absolute atomic E-state index is 12.4. The van der Waals surface area contributed by atoms with Crippen molar-refractivity contribution in [3.63, 3.8) is 0 Å². The molecule has 0 aliphatic heterocycles. The maximum Gasteiger partial charge on any atom is 0.276 e. The highest BCUT2D eigenvalue weighted by Gasteiger charge is 2.13. The number of hydrazone groups is 1. The lowest BCUT2D eigenvalue weighted by Gasteiger charge is -2.11. The zero-order chi connectivity index (χ0) is 23.0. The molecule has 0 saturated heterocycles. The Bertz CT molecular complexity index is 1160. The highest BCUT2D eigenvalue weighted by molar-refractivity contribution is 7.89. The number of sulfonamides is 1. The van der Waals surface area contributed by atoms with Gasteiger partial charge in [0.25, 0.3) is 10.0 Å². The Hall–Kier alpha value is -3.52. The number of aryl methyl sites for hydroxylation is 1. The van der Waals surface area contributed by atoms with E-state index >= 15 is 0 Å². The molecule has 0 unspecified atom stereocenters. The number of hydrogen-bond donors (Lipinski definition) is 1. The molecule has 0 aromatic heterocycles. The Kier molecular flexibility index (Phi) is 7.72. The summed E-state index contributed by atoms with van der Waals surface area (Å²) in [5, 5.41) is 3.88. The standard InChI is InChI=1S/C24H26N2O5S/c1-4-30-21-10-12-22(13-11-21)32(27,28)26-25-16-20-9-14-23(29-3)24(15-20)31-17-19-7-5-18(2)6-8-19/h5-16,26H,4,17H2,1-3H3/b25-16+. The summed E-state index contributed by atoms with van der Waals surface area (Å²) in [6, 6.07) is 19.4. The third-order valence-corrected chi connectivity index (χ3v) is 5.77. The van der Waals surface area contributed by atoms with Gasteiger partial charge in [-0.3, -0.25) is 0 Å². The summed E-state index contributed by atoms with van der Waals surface area (Å²) < 4.78 is 41.5. The van der Waals surface area contributed by atoms with Gasteiger partial charge >= 0.3 is 0 Å². The molecule has 0 atom stereocenters. The van der Waals surface area contributed by atoms with Gasteiger partial charge in [-0.15, -0.1) is 0 Å². The molecule has 0 aliphatic rings. The Morgan fingerprint density at radius 1 is 0.938 bits per heavy atom. The Balaban J connectivity index is 1.68. The molecule has 8 heteroatoms. The first-order chi connectivity index (χ1) is 15.4. The fraction of sp³-hybridized carbons (Fsp3) is 0.208. The summed E-state index contributed by atoms with van der Waals surface area (Å²) in [6.45, 7) is 4.77. The molecule has 0 spiro atoms. The van der Waals surface area contributed by atoms with Gasteiger partial charge in [-0.05, 0) is 67.4 Å². The van der Waals surface area contributed by atoms with Crippen LogP contribution in [0.5, 0.6) is 17.2 Å². The fourth-order valence-electron chi connectivity index (χ4n) is 2.84. The Morgan fingerprint density at radius 3 is 2.31 bits per heavy atom. The Morgan fingerprint density at radius 2 is 1.66 bits per heavy atom. The van der Waals surface area contributed by atoms with E-state index in [4.69, 9.17) is 14.2 Å². The summed E-state index contributed by atoms with van der Waals surface area (Å²) in [5.41, 5.74) is 2.86. The minimum Gasteiger partial charge on any atom is -0.494 e. The zero-order valence-electron chi connectivity index (χ0n) is 18.2.